The predicted octanol–water partition coefficient (Wildman–Crippen LogP) is 3.83. The summed E-state index contributed by atoms with van der Waals surface area (Å²) in [7, 11) is 1.73. The van der Waals surface area contributed by atoms with Gasteiger partial charge in [0, 0.05) is 50.1 Å². The van der Waals surface area contributed by atoms with Crippen molar-refractivity contribution in [2.45, 2.75) is 44.4 Å². The number of nitrogens with zero attached hydrogens (tertiary/aromatic N) is 3. The van der Waals surface area contributed by atoms with Gasteiger partial charge < -0.3 is 25.0 Å². The van der Waals surface area contributed by atoms with E-state index < -0.39 is 0 Å². The summed E-state index contributed by atoms with van der Waals surface area (Å²) in [6.45, 7) is 4.57. The van der Waals surface area contributed by atoms with Crippen molar-refractivity contribution in [3.05, 3.63) is 45.8 Å². The molecule has 0 radical (unpaired) electrons. The zero-order valence-electron chi connectivity index (χ0n) is 18.8. The SMILES string of the molecule is CO[C@@H]1COCC[C@@H]1NC1CCN(C(=O)c2ncnc(Nc3ccc(Cl)c(Cl)c3)c2C)CC1. The summed E-state index contributed by atoms with van der Waals surface area (Å²) in [6, 6.07) is 5.88. The molecule has 10 heteroatoms. The van der Waals surface area contributed by atoms with Crippen LogP contribution in [0.2, 0.25) is 10.0 Å². The molecule has 0 spiro atoms. The monoisotopic (exact) mass is 493 g/mol. The Labute approximate surface area is 204 Å². The van der Waals surface area contributed by atoms with E-state index >= 15 is 0 Å². The van der Waals surface area contributed by atoms with Crippen molar-refractivity contribution in [1.29, 1.82) is 0 Å². The summed E-state index contributed by atoms with van der Waals surface area (Å²) >= 11 is 12.1. The summed E-state index contributed by atoms with van der Waals surface area (Å²) in [5.41, 5.74) is 1.83. The fourth-order valence-corrected chi connectivity index (χ4v) is 4.64. The number of carbonyl (C=O) groups is 1. The van der Waals surface area contributed by atoms with Crippen molar-refractivity contribution in [3.63, 3.8) is 0 Å². The Balaban J connectivity index is 1.37. The molecule has 178 valence electrons. The van der Waals surface area contributed by atoms with Gasteiger partial charge in [-0.15, -0.1) is 0 Å². The Morgan fingerprint density at radius 2 is 1.97 bits per heavy atom. The van der Waals surface area contributed by atoms with Crippen molar-refractivity contribution in [1.82, 2.24) is 20.2 Å². The van der Waals surface area contributed by atoms with Crippen LogP contribution in [-0.2, 0) is 9.47 Å². The Bertz CT molecular complexity index is 985. The van der Waals surface area contributed by atoms with E-state index in [1.54, 1.807) is 19.2 Å². The molecule has 0 bridgehead atoms. The number of halogens is 2. The molecule has 2 N–H and O–H groups in total. The fourth-order valence-electron chi connectivity index (χ4n) is 4.34. The number of likely N-dealkylation sites (tertiary alicyclic amines) is 1. The molecular formula is C23H29Cl2N5O3. The van der Waals surface area contributed by atoms with E-state index in [4.69, 9.17) is 32.7 Å². The summed E-state index contributed by atoms with van der Waals surface area (Å²) in [4.78, 5) is 23.7. The highest BCUT2D eigenvalue weighted by atomic mass is 35.5. The van der Waals surface area contributed by atoms with Crippen LogP contribution in [0.25, 0.3) is 0 Å². The largest absolute Gasteiger partial charge is 0.379 e. The third kappa shape index (κ3) is 5.75. The topological polar surface area (TPSA) is 88.6 Å². The van der Waals surface area contributed by atoms with Crippen LogP contribution < -0.4 is 10.6 Å². The second-order valence-corrected chi connectivity index (χ2v) is 9.24. The molecule has 2 fully saturated rings. The minimum Gasteiger partial charge on any atom is -0.379 e. The predicted molar refractivity (Wildman–Crippen MR) is 129 cm³/mol. The third-order valence-corrected chi connectivity index (χ3v) is 7.05. The van der Waals surface area contributed by atoms with Gasteiger partial charge in [0.05, 0.1) is 22.8 Å². The lowest BCUT2D eigenvalue weighted by Crippen LogP contribution is -2.54. The number of nitrogens with one attached hydrogen (secondary N) is 2. The molecule has 0 aliphatic carbocycles. The van der Waals surface area contributed by atoms with Crippen molar-refractivity contribution in [2.24, 2.45) is 0 Å². The van der Waals surface area contributed by atoms with Gasteiger partial charge in [-0.25, -0.2) is 9.97 Å². The lowest BCUT2D eigenvalue weighted by Gasteiger charge is -2.38. The van der Waals surface area contributed by atoms with Crippen LogP contribution in [0.3, 0.4) is 0 Å². The molecule has 2 aromatic rings. The first kappa shape index (κ1) is 24.2. The van der Waals surface area contributed by atoms with Crippen molar-refractivity contribution in [2.75, 3.05) is 38.7 Å². The van der Waals surface area contributed by atoms with Crippen LogP contribution in [0, 0.1) is 6.92 Å². The number of hydrogen-bond donors (Lipinski definition) is 2. The quantitative estimate of drug-likeness (QED) is 0.631. The number of rotatable bonds is 6. The molecule has 8 nitrogen and oxygen atoms in total. The number of aromatic nitrogens is 2. The highest BCUT2D eigenvalue weighted by Crippen LogP contribution is 2.28. The first-order valence-electron chi connectivity index (χ1n) is 11.2. The van der Waals surface area contributed by atoms with Crippen LogP contribution in [0.5, 0.6) is 0 Å². The normalized spacial score (nSPS) is 21.8. The summed E-state index contributed by atoms with van der Waals surface area (Å²) in [6.07, 6.45) is 4.19. The standard InChI is InChI=1S/C23H29Cl2N5O3/c1-14-21(26-13-27-22(14)29-16-3-4-17(24)18(25)11-16)23(31)30-8-5-15(6-9-30)28-19-7-10-33-12-20(19)32-2/h3-4,11,13,15,19-20,28H,5-10,12H2,1-2H3,(H,26,27,29)/t19-,20+/m0/s1. The van der Waals surface area contributed by atoms with Gasteiger partial charge >= 0.3 is 0 Å². The number of hydrogen-bond acceptors (Lipinski definition) is 7. The third-order valence-electron chi connectivity index (χ3n) is 6.31. The molecule has 2 saturated heterocycles. The molecule has 2 atom stereocenters. The van der Waals surface area contributed by atoms with E-state index in [2.05, 4.69) is 20.6 Å². The number of amides is 1. The number of carbonyl (C=O) groups excluding carboxylic acids is 1. The average molecular weight is 494 g/mol. The lowest BCUT2D eigenvalue weighted by atomic mass is 9.99. The van der Waals surface area contributed by atoms with Gasteiger partial charge in [-0.05, 0) is 44.4 Å². The number of anilines is 2. The highest BCUT2D eigenvalue weighted by molar-refractivity contribution is 6.42. The van der Waals surface area contributed by atoms with Gasteiger partial charge in [-0.2, -0.15) is 0 Å². The second kappa shape index (κ2) is 11.0. The van der Waals surface area contributed by atoms with Crippen molar-refractivity contribution >= 4 is 40.6 Å². The van der Waals surface area contributed by atoms with Crippen molar-refractivity contribution < 1.29 is 14.3 Å². The molecule has 2 aliphatic rings. The molecular weight excluding hydrogens is 465 g/mol. The second-order valence-electron chi connectivity index (χ2n) is 8.43. The number of methoxy groups -OCH3 is 1. The van der Waals surface area contributed by atoms with Crippen LogP contribution in [0.4, 0.5) is 11.5 Å². The van der Waals surface area contributed by atoms with Gasteiger partial charge in [-0.1, -0.05) is 23.2 Å². The van der Waals surface area contributed by atoms with E-state index in [0.29, 0.717) is 52.9 Å². The van der Waals surface area contributed by atoms with Crippen LogP contribution in [0.1, 0.15) is 35.3 Å². The van der Waals surface area contributed by atoms with E-state index in [-0.39, 0.29) is 18.1 Å². The Hall–Kier alpha value is -1.97. The zero-order chi connectivity index (χ0) is 23.4. The molecule has 4 rings (SSSR count). The first-order chi connectivity index (χ1) is 16.0. The molecule has 0 unspecified atom stereocenters. The first-order valence-corrected chi connectivity index (χ1v) is 11.9. The molecule has 2 aliphatic heterocycles. The van der Waals surface area contributed by atoms with Gasteiger partial charge in [0.15, 0.2) is 0 Å². The summed E-state index contributed by atoms with van der Waals surface area (Å²) in [5.74, 6) is 0.486. The lowest BCUT2D eigenvalue weighted by molar-refractivity contribution is -0.0533. The van der Waals surface area contributed by atoms with Crippen LogP contribution in [0.15, 0.2) is 24.5 Å². The average Bonchev–Trinajstić information content (AvgIpc) is 2.83. The highest BCUT2D eigenvalue weighted by Gasteiger charge is 2.31. The van der Waals surface area contributed by atoms with Gasteiger partial charge in [-0.3, -0.25) is 4.79 Å². The Morgan fingerprint density at radius 1 is 1.18 bits per heavy atom. The van der Waals surface area contributed by atoms with Crippen LogP contribution in [-0.4, -0.2) is 72.4 Å². The van der Waals surface area contributed by atoms with Crippen molar-refractivity contribution in [3.8, 4) is 0 Å². The van der Waals surface area contributed by atoms with E-state index in [0.717, 1.165) is 31.6 Å². The maximum atomic E-state index is 13.2. The summed E-state index contributed by atoms with van der Waals surface area (Å²) < 4.78 is 11.1. The fraction of sp³-hybridized carbons (Fsp3) is 0.522. The summed E-state index contributed by atoms with van der Waals surface area (Å²) in [5, 5.41) is 7.84. The maximum Gasteiger partial charge on any atom is 0.272 e. The Kier molecular flexibility index (Phi) is 8.03. The van der Waals surface area contributed by atoms with E-state index in [1.165, 1.54) is 6.33 Å². The molecule has 1 aromatic heterocycles. The van der Waals surface area contributed by atoms with Gasteiger partial charge in [0.1, 0.15) is 17.8 Å². The molecule has 0 saturated carbocycles. The minimum absolute atomic E-state index is 0.0727. The molecule has 3 heterocycles. The number of ether oxygens (including phenoxy) is 2. The number of piperidine rings is 1. The molecule has 1 aromatic carbocycles. The Morgan fingerprint density at radius 3 is 2.70 bits per heavy atom. The van der Waals surface area contributed by atoms with Crippen LogP contribution >= 0.6 is 23.2 Å². The van der Waals surface area contributed by atoms with Gasteiger partial charge in [0.25, 0.3) is 5.91 Å². The molecule has 33 heavy (non-hydrogen) atoms. The smallest absolute Gasteiger partial charge is 0.272 e. The maximum absolute atomic E-state index is 13.2. The molecule has 1 amide bonds. The number of benzene rings is 1. The van der Waals surface area contributed by atoms with E-state index in [1.807, 2.05) is 17.9 Å². The minimum atomic E-state index is -0.0774. The zero-order valence-corrected chi connectivity index (χ0v) is 20.3. The van der Waals surface area contributed by atoms with E-state index in [9.17, 15) is 4.79 Å². The van der Waals surface area contributed by atoms with Gasteiger partial charge in [0.2, 0.25) is 0 Å².